The summed E-state index contributed by atoms with van der Waals surface area (Å²) >= 11 is 0. The zero-order chi connectivity index (χ0) is 73.8. The molecule has 0 saturated carbocycles. The standard InChI is InChI=1S/C63H109N15O25/c1-40(83)64-56-61(91)60(90)51(39-82)103-62(56)99-24-20-95-16-10-76-33-42(66-70-76)29-73(28-41-32-75(69-65-41)9-13-92-17-21-96-53-25-45(84)57(87)48(36-79)100-53)8-6-5-7-52(63(2,3)4)74(30-43-34-77(71-67-43)11-14-93-18-22-97-54-26-46(85)58(88)49(37-80)101-54)31-44-35-78(72-68-44)12-15-94-19-23-98-55-27-47(86)59(89)50(38-81)102-55/h32-35,45-62,79-82,84-91H,5-31,36-39H2,1-4H3,(H,64,83)/t45-,46-,47-,48-,49-,50-,51-,52?,53-,54-,55-,56-,57-,58-,59-,60+,61-,62-/m1/s1. The predicted octanol–water partition coefficient (Wildman–Crippen LogP) is -6.09. The minimum atomic E-state index is -1.44. The molecule has 13 N–H and O–H groups in total. The number of amides is 1. The van der Waals surface area contributed by atoms with Crippen LogP contribution in [0, 0.1) is 5.41 Å². The summed E-state index contributed by atoms with van der Waals surface area (Å²) in [5, 5.41) is 158. The first kappa shape index (κ1) is 83.6. The lowest BCUT2D eigenvalue weighted by molar-refractivity contribution is -0.272. The molecule has 1 unspecified atom stereocenters. The van der Waals surface area contributed by atoms with Gasteiger partial charge in [-0.2, -0.15) is 0 Å². The first-order valence-electron chi connectivity index (χ1n) is 35.2. The first-order chi connectivity index (χ1) is 49.6. The van der Waals surface area contributed by atoms with Gasteiger partial charge in [0.25, 0.3) is 0 Å². The van der Waals surface area contributed by atoms with Gasteiger partial charge in [-0.3, -0.25) is 14.6 Å². The van der Waals surface area contributed by atoms with Gasteiger partial charge in [-0.1, -0.05) is 48.0 Å². The van der Waals surface area contributed by atoms with E-state index in [-0.39, 0.29) is 96.8 Å². The Labute approximate surface area is 596 Å². The van der Waals surface area contributed by atoms with Gasteiger partial charge < -0.3 is 123 Å². The fourth-order valence-corrected chi connectivity index (χ4v) is 12.4. The lowest BCUT2D eigenvalue weighted by Crippen LogP contribution is -2.64. The third-order valence-electron chi connectivity index (χ3n) is 17.8. The molecule has 4 aliphatic rings. The Morgan fingerprint density at radius 3 is 1.18 bits per heavy atom. The van der Waals surface area contributed by atoms with Crippen LogP contribution in [0.3, 0.4) is 0 Å². The number of aromatic nitrogens is 12. The van der Waals surface area contributed by atoms with Crippen LogP contribution in [0.25, 0.3) is 0 Å². The number of ether oxygens (including phenoxy) is 12. The summed E-state index contributed by atoms with van der Waals surface area (Å²) in [5.41, 5.74) is 2.57. The zero-order valence-corrected chi connectivity index (χ0v) is 59.1. The number of nitrogens with one attached hydrogen (secondary N) is 1. The lowest BCUT2D eigenvalue weighted by Gasteiger charge is -2.42. The number of carbonyl (C=O) groups excluding carboxylic acids is 1. The Balaban J connectivity index is 0.874. The highest BCUT2D eigenvalue weighted by atomic mass is 16.7. The van der Waals surface area contributed by atoms with E-state index in [1.54, 1.807) is 18.7 Å². The van der Waals surface area contributed by atoms with Crippen LogP contribution in [-0.4, -0.2) is 360 Å². The number of hydrogen-bond donors (Lipinski definition) is 13. The van der Waals surface area contributed by atoms with Crippen molar-refractivity contribution in [2.75, 3.05) is 112 Å². The highest BCUT2D eigenvalue weighted by molar-refractivity contribution is 5.73. The molecule has 0 aromatic carbocycles. The molecule has 4 saturated heterocycles. The Bertz CT molecular complexity index is 2910. The smallest absolute Gasteiger partial charge is 0.217 e. The van der Waals surface area contributed by atoms with Crippen molar-refractivity contribution in [3.05, 3.63) is 47.6 Å². The molecule has 4 aromatic heterocycles. The van der Waals surface area contributed by atoms with Gasteiger partial charge in [0.2, 0.25) is 5.91 Å². The molecule has 1 amide bonds. The second-order valence-corrected chi connectivity index (χ2v) is 27.0. The molecule has 0 radical (unpaired) electrons. The van der Waals surface area contributed by atoms with Crippen LogP contribution in [0.2, 0.25) is 0 Å². The summed E-state index contributed by atoms with van der Waals surface area (Å²) in [6, 6.07) is -1.11. The lowest BCUT2D eigenvalue weighted by atomic mass is 9.82. The van der Waals surface area contributed by atoms with E-state index in [2.05, 4.69) is 77.1 Å². The molecule has 0 bridgehead atoms. The Hall–Kier alpha value is -5.01. The van der Waals surface area contributed by atoms with Gasteiger partial charge in [0.15, 0.2) is 25.2 Å². The van der Waals surface area contributed by atoms with Crippen molar-refractivity contribution in [3.8, 4) is 0 Å². The van der Waals surface area contributed by atoms with E-state index in [4.69, 9.17) is 56.8 Å². The van der Waals surface area contributed by atoms with E-state index >= 15 is 0 Å². The van der Waals surface area contributed by atoms with Crippen molar-refractivity contribution in [2.45, 2.75) is 229 Å². The second kappa shape index (κ2) is 43.1. The monoisotopic (exact) mass is 1480 g/mol. The van der Waals surface area contributed by atoms with Gasteiger partial charge in [-0.25, -0.2) is 18.7 Å². The number of unbranched alkanes of at least 4 members (excludes halogenated alkanes) is 1. The highest BCUT2D eigenvalue weighted by Crippen LogP contribution is 2.32. The molecule has 40 nitrogen and oxygen atoms in total. The summed E-state index contributed by atoms with van der Waals surface area (Å²) in [6.07, 6.45) is -7.36. The van der Waals surface area contributed by atoms with E-state index in [0.717, 1.165) is 19.3 Å². The van der Waals surface area contributed by atoms with Crippen LogP contribution in [0.1, 0.15) is 89.0 Å². The van der Waals surface area contributed by atoms with Gasteiger partial charge in [-0.15, -0.1) is 20.4 Å². The topological polar surface area (TPSA) is 512 Å². The summed E-state index contributed by atoms with van der Waals surface area (Å²) in [5.74, 6) is -0.468. The maximum Gasteiger partial charge on any atom is 0.217 e. The van der Waals surface area contributed by atoms with Crippen molar-refractivity contribution in [3.63, 3.8) is 0 Å². The third kappa shape index (κ3) is 27.0. The van der Waals surface area contributed by atoms with Crippen molar-refractivity contribution in [2.24, 2.45) is 5.41 Å². The first-order valence-corrected chi connectivity index (χ1v) is 35.2. The van der Waals surface area contributed by atoms with Gasteiger partial charge in [0.05, 0.1) is 173 Å². The average Bonchev–Trinajstić information content (AvgIpc) is 0.976. The number of aliphatic hydroxyl groups is 12. The summed E-state index contributed by atoms with van der Waals surface area (Å²) in [7, 11) is 0. The normalized spacial score (nSPS) is 28.2. The van der Waals surface area contributed by atoms with Crippen molar-refractivity contribution in [1.82, 2.24) is 75.1 Å². The Kier molecular flexibility index (Phi) is 35.0. The molecule has 8 heterocycles. The van der Waals surface area contributed by atoms with Crippen molar-refractivity contribution < 1.29 is 123 Å². The van der Waals surface area contributed by atoms with Crippen LogP contribution < -0.4 is 5.32 Å². The zero-order valence-electron chi connectivity index (χ0n) is 59.1. The van der Waals surface area contributed by atoms with Gasteiger partial charge in [0.1, 0.15) is 61.0 Å². The van der Waals surface area contributed by atoms with Crippen LogP contribution in [0.5, 0.6) is 0 Å². The molecule has 4 aromatic rings. The van der Waals surface area contributed by atoms with Crippen LogP contribution in [-0.2, 0) is 114 Å². The molecular weight excluding hydrogens is 1370 g/mol. The number of nitrogens with zero attached hydrogens (tertiary/aromatic N) is 14. The minimum absolute atomic E-state index is 0.00479. The molecule has 0 spiro atoms. The largest absolute Gasteiger partial charge is 0.394 e. The molecule has 4 fully saturated rings. The van der Waals surface area contributed by atoms with Gasteiger partial charge in [0, 0.05) is 83.2 Å². The third-order valence-corrected chi connectivity index (χ3v) is 17.8. The van der Waals surface area contributed by atoms with Crippen molar-refractivity contribution in [1.29, 1.82) is 0 Å². The van der Waals surface area contributed by atoms with Crippen LogP contribution in [0.15, 0.2) is 24.8 Å². The molecule has 8 rings (SSSR count). The molecule has 103 heavy (non-hydrogen) atoms. The maximum absolute atomic E-state index is 11.9. The summed E-state index contributed by atoms with van der Waals surface area (Å²) < 4.78 is 75.3. The fraction of sp³-hybridized carbons (Fsp3) is 0.857. The SMILES string of the molecule is CC(=O)N[C@H]1[C@H](OCCOCCn2cc(CN(CCCCC(N(Cc3cn(CCOCCO[C@H]4C[C@@H](O)[C@@H](O)[C@@H](CO)O4)nn3)Cc3cn(CCOCCO[C@H]4C[C@@H](O)[C@@H](O)[C@@H](CO)O4)nn3)C(C)(C)C)Cc3cn(CCOCCO[C@H]4C[C@@H](O)[C@@H](O)[C@@H](CO)O4)nn3)nn2)O[C@H](CO)[C@H](O)[C@@H]1O. The highest BCUT2D eigenvalue weighted by Gasteiger charge is 2.46. The van der Waals surface area contributed by atoms with Crippen LogP contribution in [0.4, 0.5) is 0 Å². The molecule has 4 aliphatic heterocycles. The minimum Gasteiger partial charge on any atom is -0.394 e. The second-order valence-electron chi connectivity index (χ2n) is 27.0. The molecule has 40 heteroatoms. The van der Waals surface area contributed by atoms with Gasteiger partial charge >= 0.3 is 0 Å². The number of carbonyl (C=O) groups is 1. The average molecular weight is 1480 g/mol. The molecule has 18 atom stereocenters. The molecular formula is C63H109N15O25. The molecule has 0 aliphatic carbocycles. The van der Waals surface area contributed by atoms with Crippen LogP contribution >= 0.6 is 0 Å². The number of rotatable bonds is 47. The summed E-state index contributed by atoms with van der Waals surface area (Å²) in [6.45, 7) is 12.0. The van der Waals surface area contributed by atoms with Gasteiger partial charge in [-0.05, 0) is 24.8 Å². The van der Waals surface area contributed by atoms with E-state index in [1.807, 2.05) is 24.8 Å². The quantitative estimate of drug-likeness (QED) is 0.0183. The molecule has 586 valence electrons. The van der Waals surface area contributed by atoms with E-state index in [1.165, 1.54) is 6.92 Å². The Morgan fingerprint density at radius 2 is 0.835 bits per heavy atom. The number of hydrogen-bond acceptors (Lipinski definition) is 35. The Morgan fingerprint density at radius 1 is 0.485 bits per heavy atom. The number of aliphatic hydroxyl groups excluding tert-OH is 12. The van der Waals surface area contributed by atoms with E-state index in [9.17, 15) is 66.1 Å². The predicted molar refractivity (Wildman–Crippen MR) is 350 cm³/mol. The van der Waals surface area contributed by atoms with Crippen molar-refractivity contribution >= 4 is 5.91 Å². The summed E-state index contributed by atoms with van der Waals surface area (Å²) in [4.78, 5) is 16.4. The van der Waals surface area contributed by atoms with E-state index in [0.29, 0.717) is 94.9 Å². The fourth-order valence-electron chi connectivity index (χ4n) is 12.4. The van der Waals surface area contributed by atoms with E-state index < -0.39 is 137 Å². The maximum atomic E-state index is 11.9.